The first kappa shape index (κ1) is 28.3. The van der Waals surface area contributed by atoms with Crippen molar-refractivity contribution < 1.29 is 0 Å². The lowest BCUT2D eigenvalue weighted by atomic mass is 9.67. The molecule has 0 radical (unpaired) electrons. The summed E-state index contributed by atoms with van der Waals surface area (Å²) in [6, 6.07) is 53.9. The van der Waals surface area contributed by atoms with Gasteiger partial charge in [-0.25, -0.2) is 15.0 Å². The highest BCUT2D eigenvalue weighted by molar-refractivity contribution is 5.90. The first-order chi connectivity index (χ1) is 23.0. The monoisotopic (exact) mass is 602 g/mol. The summed E-state index contributed by atoms with van der Waals surface area (Å²) < 4.78 is 0. The quantitative estimate of drug-likeness (QED) is 0.197. The van der Waals surface area contributed by atoms with Crippen LogP contribution in [-0.2, 0) is 5.41 Å². The summed E-state index contributed by atoms with van der Waals surface area (Å²) in [5.41, 5.74) is 12.7. The largest absolute Gasteiger partial charge is 0.219 e. The summed E-state index contributed by atoms with van der Waals surface area (Å²) in [5, 5.41) is 9.63. The highest BCUT2D eigenvalue weighted by Crippen LogP contribution is 2.57. The molecule has 0 saturated heterocycles. The SMILES string of the molecule is Cc1nc(C)nc(-c2cccc(-c3ccc4c(c3)C(c3ccccc3)(c3ccccc3)c3cc(-c5cccc(C#N)c5)ccc3-4)c2)n1. The molecule has 0 spiro atoms. The van der Waals surface area contributed by atoms with Crippen molar-refractivity contribution in [1.82, 2.24) is 15.0 Å². The van der Waals surface area contributed by atoms with Crippen LogP contribution in [-0.4, -0.2) is 15.0 Å². The number of aromatic nitrogens is 3. The van der Waals surface area contributed by atoms with Gasteiger partial charge in [0.2, 0.25) is 0 Å². The van der Waals surface area contributed by atoms with Crippen molar-refractivity contribution in [3.8, 4) is 50.8 Å². The van der Waals surface area contributed by atoms with Gasteiger partial charge in [-0.05, 0) is 99.8 Å². The van der Waals surface area contributed by atoms with Crippen LogP contribution in [0.3, 0.4) is 0 Å². The topological polar surface area (TPSA) is 62.5 Å². The Morgan fingerprint density at radius 3 is 1.51 bits per heavy atom. The summed E-state index contributed by atoms with van der Waals surface area (Å²) in [6.07, 6.45) is 0. The molecule has 0 unspecified atom stereocenters. The number of benzene rings is 6. The molecule has 7 aromatic rings. The van der Waals surface area contributed by atoms with Crippen LogP contribution in [0, 0.1) is 25.2 Å². The highest BCUT2D eigenvalue weighted by atomic mass is 15.0. The second-order valence-corrected chi connectivity index (χ2v) is 12.0. The third kappa shape index (κ3) is 4.72. The van der Waals surface area contributed by atoms with E-state index in [1.165, 1.54) is 33.4 Å². The van der Waals surface area contributed by atoms with Crippen LogP contribution in [0.1, 0.15) is 39.5 Å². The second-order valence-electron chi connectivity index (χ2n) is 12.0. The van der Waals surface area contributed by atoms with Crippen LogP contribution in [0.4, 0.5) is 0 Å². The maximum atomic E-state index is 9.63. The zero-order valence-corrected chi connectivity index (χ0v) is 26.1. The van der Waals surface area contributed by atoms with Crippen molar-refractivity contribution in [2.24, 2.45) is 0 Å². The Morgan fingerprint density at radius 2 is 0.957 bits per heavy atom. The van der Waals surface area contributed by atoms with E-state index in [9.17, 15) is 5.26 Å². The molecule has 0 fully saturated rings. The summed E-state index contributed by atoms with van der Waals surface area (Å²) in [7, 11) is 0. The van der Waals surface area contributed by atoms with Crippen molar-refractivity contribution in [1.29, 1.82) is 5.26 Å². The molecule has 8 rings (SSSR count). The molecule has 47 heavy (non-hydrogen) atoms. The van der Waals surface area contributed by atoms with Crippen molar-refractivity contribution in [2.75, 3.05) is 0 Å². The van der Waals surface area contributed by atoms with E-state index in [0.29, 0.717) is 23.0 Å². The minimum absolute atomic E-state index is 0.563. The molecule has 1 heterocycles. The number of fused-ring (bicyclic) bond motifs is 3. The van der Waals surface area contributed by atoms with Gasteiger partial charge in [0.15, 0.2) is 5.82 Å². The average Bonchev–Trinajstić information content (AvgIpc) is 3.42. The van der Waals surface area contributed by atoms with E-state index in [0.717, 1.165) is 27.8 Å². The molecule has 1 aliphatic carbocycles. The molecule has 1 aliphatic rings. The van der Waals surface area contributed by atoms with E-state index >= 15 is 0 Å². The minimum Gasteiger partial charge on any atom is -0.219 e. The van der Waals surface area contributed by atoms with Gasteiger partial charge in [0.05, 0.1) is 17.0 Å². The lowest BCUT2D eigenvalue weighted by molar-refractivity contribution is 0.769. The van der Waals surface area contributed by atoms with Crippen LogP contribution in [0.2, 0.25) is 0 Å². The molecule has 0 N–H and O–H groups in total. The maximum absolute atomic E-state index is 9.63. The van der Waals surface area contributed by atoms with Crippen molar-refractivity contribution in [3.05, 3.63) is 185 Å². The van der Waals surface area contributed by atoms with Crippen molar-refractivity contribution >= 4 is 0 Å². The van der Waals surface area contributed by atoms with Gasteiger partial charge in [0.25, 0.3) is 0 Å². The van der Waals surface area contributed by atoms with Crippen LogP contribution in [0.15, 0.2) is 146 Å². The normalized spacial score (nSPS) is 12.6. The van der Waals surface area contributed by atoms with Gasteiger partial charge >= 0.3 is 0 Å². The van der Waals surface area contributed by atoms with Gasteiger partial charge in [-0.2, -0.15) is 5.26 Å². The zero-order valence-electron chi connectivity index (χ0n) is 26.1. The third-order valence-corrected chi connectivity index (χ3v) is 9.19. The van der Waals surface area contributed by atoms with Crippen LogP contribution in [0.25, 0.3) is 44.8 Å². The van der Waals surface area contributed by atoms with E-state index in [2.05, 4.69) is 148 Å². The Hall–Kier alpha value is -6.18. The lowest BCUT2D eigenvalue weighted by Gasteiger charge is -2.34. The fraction of sp³-hybridized carbons (Fsp3) is 0.0698. The molecule has 0 atom stereocenters. The average molecular weight is 603 g/mol. The first-order valence-electron chi connectivity index (χ1n) is 15.8. The molecule has 0 amide bonds. The van der Waals surface area contributed by atoms with Crippen LogP contribution < -0.4 is 0 Å². The van der Waals surface area contributed by atoms with Gasteiger partial charge in [-0.15, -0.1) is 0 Å². The standard InChI is InChI=1S/C43H30N4/c1-28-45-29(2)47-42(46-28)35-14-10-13-32(24-35)34-20-22-39-38-21-19-33(31-12-9-11-30(23-31)27-44)25-40(38)43(41(39)26-34,36-15-5-3-6-16-36)37-17-7-4-8-18-37/h3-26H,1-2H3. The molecule has 0 bridgehead atoms. The van der Waals surface area contributed by atoms with E-state index in [-0.39, 0.29) is 0 Å². The van der Waals surface area contributed by atoms with Crippen LogP contribution in [0.5, 0.6) is 0 Å². The van der Waals surface area contributed by atoms with E-state index in [4.69, 9.17) is 0 Å². The maximum Gasteiger partial charge on any atom is 0.163 e. The predicted molar refractivity (Wildman–Crippen MR) is 188 cm³/mol. The number of aryl methyl sites for hydroxylation is 2. The van der Waals surface area contributed by atoms with E-state index in [1.807, 2.05) is 32.0 Å². The molecule has 1 aromatic heterocycles. The Labute approximate surface area is 274 Å². The fourth-order valence-corrected chi connectivity index (χ4v) is 7.20. The lowest BCUT2D eigenvalue weighted by Crippen LogP contribution is -2.28. The smallest absolute Gasteiger partial charge is 0.163 e. The Balaban J connectivity index is 1.38. The van der Waals surface area contributed by atoms with Crippen molar-refractivity contribution in [2.45, 2.75) is 19.3 Å². The number of nitrogens with zero attached hydrogens (tertiary/aromatic N) is 4. The molecule has 4 heteroatoms. The van der Waals surface area contributed by atoms with Gasteiger partial charge in [0, 0.05) is 5.56 Å². The second kappa shape index (κ2) is 11.3. The molecule has 222 valence electrons. The highest BCUT2D eigenvalue weighted by Gasteiger charge is 2.46. The minimum atomic E-state index is -0.563. The van der Waals surface area contributed by atoms with E-state index in [1.54, 1.807) is 0 Å². The molecular formula is C43H30N4. The number of hydrogen-bond donors (Lipinski definition) is 0. The van der Waals surface area contributed by atoms with Gasteiger partial charge in [-0.3, -0.25) is 0 Å². The Kier molecular flexibility index (Phi) is 6.82. The number of nitriles is 1. The number of hydrogen-bond acceptors (Lipinski definition) is 4. The first-order valence-corrected chi connectivity index (χ1v) is 15.8. The van der Waals surface area contributed by atoms with Gasteiger partial charge in [-0.1, -0.05) is 115 Å². The summed E-state index contributed by atoms with van der Waals surface area (Å²) in [6.45, 7) is 3.80. The van der Waals surface area contributed by atoms with Crippen molar-refractivity contribution in [3.63, 3.8) is 0 Å². The molecule has 0 saturated carbocycles. The molecular weight excluding hydrogens is 573 g/mol. The molecule has 4 nitrogen and oxygen atoms in total. The third-order valence-electron chi connectivity index (χ3n) is 9.19. The van der Waals surface area contributed by atoms with Gasteiger partial charge in [0.1, 0.15) is 11.6 Å². The summed E-state index contributed by atoms with van der Waals surface area (Å²) in [4.78, 5) is 13.6. The molecule has 6 aromatic carbocycles. The Morgan fingerprint density at radius 1 is 0.468 bits per heavy atom. The summed E-state index contributed by atoms with van der Waals surface area (Å²) in [5.74, 6) is 2.10. The fourth-order valence-electron chi connectivity index (χ4n) is 7.20. The predicted octanol–water partition coefficient (Wildman–Crippen LogP) is 9.72. The van der Waals surface area contributed by atoms with Gasteiger partial charge < -0.3 is 0 Å². The van der Waals surface area contributed by atoms with E-state index < -0.39 is 5.41 Å². The van der Waals surface area contributed by atoms with Crippen LogP contribution >= 0.6 is 0 Å². The zero-order chi connectivity index (χ0) is 32.0. The molecule has 0 aliphatic heterocycles. The Bertz CT molecular complexity index is 2280. The number of rotatable bonds is 5. The summed E-state index contributed by atoms with van der Waals surface area (Å²) >= 11 is 0.